The molecule has 1 aliphatic rings. The van der Waals surface area contributed by atoms with Crippen molar-refractivity contribution >= 4 is 29.2 Å². The number of nitrogens with zero attached hydrogens (tertiary/aromatic N) is 3. The topological polar surface area (TPSA) is 75.2 Å². The summed E-state index contributed by atoms with van der Waals surface area (Å²) in [6, 6.07) is -0.410. The predicted molar refractivity (Wildman–Crippen MR) is 66.4 cm³/mol. The third-order valence-corrected chi connectivity index (χ3v) is 3.01. The monoisotopic (exact) mass is 268 g/mol. The third kappa shape index (κ3) is 2.28. The van der Waals surface area contributed by atoms with Gasteiger partial charge in [-0.2, -0.15) is 0 Å². The Balaban J connectivity index is 2.42. The number of hydrogen-bond acceptors (Lipinski definition) is 5. The molecule has 18 heavy (non-hydrogen) atoms. The first-order chi connectivity index (χ1) is 8.52. The smallest absolute Gasteiger partial charge is 0.249 e. The molecule has 2 amide bonds. The van der Waals surface area contributed by atoms with Crippen molar-refractivity contribution in [3.8, 4) is 0 Å². The third-order valence-electron chi connectivity index (χ3n) is 2.83. The summed E-state index contributed by atoms with van der Waals surface area (Å²) >= 11 is 5.77. The molecule has 1 fully saturated rings. The standard InChI is InChI=1S/C11H13ClN4O2/c1-3-7-10(18)14-8(17)5-16(7)9-6(2)4-13-11(12)15-9/h4,7H,3,5H2,1-2H3,(H,14,17,18). The minimum absolute atomic E-state index is 0.0957. The Morgan fingerprint density at radius 1 is 1.56 bits per heavy atom. The number of amides is 2. The largest absolute Gasteiger partial charge is 0.335 e. The van der Waals surface area contributed by atoms with Crippen LogP contribution < -0.4 is 10.2 Å². The molecule has 1 N–H and O–H groups in total. The summed E-state index contributed by atoms with van der Waals surface area (Å²) in [5, 5.41) is 2.42. The van der Waals surface area contributed by atoms with E-state index >= 15 is 0 Å². The van der Waals surface area contributed by atoms with Crippen LogP contribution >= 0.6 is 11.6 Å². The van der Waals surface area contributed by atoms with Crippen molar-refractivity contribution in [1.29, 1.82) is 0 Å². The van der Waals surface area contributed by atoms with Crippen LogP contribution in [0.3, 0.4) is 0 Å². The predicted octanol–water partition coefficient (Wildman–Crippen LogP) is 0.680. The number of hydrogen-bond donors (Lipinski definition) is 1. The first-order valence-electron chi connectivity index (χ1n) is 5.62. The van der Waals surface area contributed by atoms with E-state index in [9.17, 15) is 9.59 Å². The number of rotatable bonds is 2. The molecular weight excluding hydrogens is 256 g/mol. The van der Waals surface area contributed by atoms with Crippen LogP contribution in [0.2, 0.25) is 5.28 Å². The normalized spacial score (nSPS) is 19.9. The van der Waals surface area contributed by atoms with Crippen molar-refractivity contribution in [2.24, 2.45) is 0 Å². The highest BCUT2D eigenvalue weighted by Crippen LogP contribution is 2.23. The molecule has 1 saturated heterocycles. The quantitative estimate of drug-likeness (QED) is 0.631. The molecule has 0 aliphatic carbocycles. The Morgan fingerprint density at radius 3 is 2.94 bits per heavy atom. The molecule has 1 aliphatic heterocycles. The average molecular weight is 269 g/mol. The molecule has 1 aromatic rings. The van der Waals surface area contributed by atoms with E-state index in [-0.39, 0.29) is 23.6 Å². The van der Waals surface area contributed by atoms with Gasteiger partial charge in [0.2, 0.25) is 17.1 Å². The molecule has 6 nitrogen and oxygen atoms in total. The molecule has 96 valence electrons. The van der Waals surface area contributed by atoms with Gasteiger partial charge in [-0.1, -0.05) is 6.92 Å². The van der Waals surface area contributed by atoms with E-state index in [1.807, 2.05) is 13.8 Å². The molecule has 0 saturated carbocycles. The zero-order valence-electron chi connectivity index (χ0n) is 10.1. The Labute approximate surface area is 109 Å². The number of carbonyl (C=O) groups is 2. The summed E-state index contributed by atoms with van der Waals surface area (Å²) < 4.78 is 0. The Hall–Kier alpha value is -1.69. The number of carbonyl (C=O) groups excluding carboxylic acids is 2. The lowest BCUT2D eigenvalue weighted by Gasteiger charge is -2.34. The maximum atomic E-state index is 11.8. The van der Waals surface area contributed by atoms with Crippen molar-refractivity contribution in [2.45, 2.75) is 26.3 Å². The highest BCUT2D eigenvalue weighted by molar-refractivity contribution is 6.28. The molecular formula is C11H13ClN4O2. The van der Waals surface area contributed by atoms with E-state index in [1.54, 1.807) is 11.1 Å². The minimum atomic E-state index is -0.410. The average Bonchev–Trinajstić information content (AvgIpc) is 2.31. The molecule has 0 radical (unpaired) electrons. The summed E-state index contributed by atoms with van der Waals surface area (Å²) in [4.78, 5) is 32.9. The van der Waals surface area contributed by atoms with Gasteiger partial charge < -0.3 is 4.90 Å². The summed E-state index contributed by atoms with van der Waals surface area (Å²) in [5.41, 5.74) is 0.778. The van der Waals surface area contributed by atoms with Crippen LogP contribution in [0.4, 0.5) is 5.82 Å². The number of aryl methyl sites for hydroxylation is 1. The van der Waals surface area contributed by atoms with Gasteiger partial charge in [-0.25, -0.2) is 9.97 Å². The van der Waals surface area contributed by atoms with Crippen LogP contribution in [0.25, 0.3) is 0 Å². The summed E-state index contributed by atoms with van der Waals surface area (Å²) in [6.07, 6.45) is 2.16. The molecule has 1 atom stereocenters. The lowest BCUT2D eigenvalue weighted by molar-refractivity contribution is -0.132. The van der Waals surface area contributed by atoms with Crippen LogP contribution in [0.5, 0.6) is 0 Å². The molecule has 0 aromatic carbocycles. The summed E-state index contributed by atoms with van der Waals surface area (Å²) in [7, 11) is 0. The van der Waals surface area contributed by atoms with E-state index in [4.69, 9.17) is 11.6 Å². The number of anilines is 1. The fraction of sp³-hybridized carbons (Fsp3) is 0.455. The zero-order chi connectivity index (χ0) is 13.3. The highest BCUT2D eigenvalue weighted by Gasteiger charge is 2.34. The second-order valence-corrected chi connectivity index (χ2v) is 4.45. The molecule has 2 heterocycles. The van der Waals surface area contributed by atoms with E-state index in [2.05, 4.69) is 15.3 Å². The lowest BCUT2D eigenvalue weighted by atomic mass is 10.1. The molecule has 1 unspecified atom stereocenters. The second kappa shape index (κ2) is 4.89. The Morgan fingerprint density at radius 2 is 2.28 bits per heavy atom. The highest BCUT2D eigenvalue weighted by atomic mass is 35.5. The number of halogens is 1. The molecule has 7 heteroatoms. The van der Waals surface area contributed by atoms with E-state index in [0.29, 0.717) is 12.2 Å². The van der Waals surface area contributed by atoms with Crippen LogP contribution in [0.1, 0.15) is 18.9 Å². The first kappa shape index (κ1) is 12.8. The van der Waals surface area contributed by atoms with E-state index < -0.39 is 6.04 Å². The number of piperazine rings is 1. The lowest BCUT2D eigenvalue weighted by Crippen LogP contribution is -2.58. The van der Waals surface area contributed by atoms with Gasteiger partial charge in [0.1, 0.15) is 11.9 Å². The van der Waals surface area contributed by atoms with Gasteiger partial charge in [0, 0.05) is 11.8 Å². The van der Waals surface area contributed by atoms with Crippen molar-refractivity contribution in [2.75, 3.05) is 11.4 Å². The van der Waals surface area contributed by atoms with E-state index in [1.165, 1.54) is 0 Å². The van der Waals surface area contributed by atoms with Gasteiger partial charge in [0.05, 0.1) is 6.54 Å². The summed E-state index contributed by atoms with van der Waals surface area (Å²) in [6.45, 7) is 3.79. The van der Waals surface area contributed by atoms with Crippen LogP contribution in [-0.2, 0) is 9.59 Å². The number of nitrogens with one attached hydrogen (secondary N) is 1. The van der Waals surface area contributed by atoms with Crippen LogP contribution in [-0.4, -0.2) is 34.4 Å². The van der Waals surface area contributed by atoms with Crippen molar-refractivity contribution < 1.29 is 9.59 Å². The van der Waals surface area contributed by atoms with Gasteiger partial charge in [0.15, 0.2) is 0 Å². The van der Waals surface area contributed by atoms with Crippen LogP contribution in [0, 0.1) is 6.92 Å². The Kier molecular flexibility index (Phi) is 3.47. The number of imide groups is 1. The van der Waals surface area contributed by atoms with Crippen molar-refractivity contribution in [3.63, 3.8) is 0 Å². The molecule has 2 rings (SSSR count). The zero-order valence-corrected chi connectivity index (χ0v) is 10.9. The molecule has 1 aromatic heterocycles. The van der Waals surface area contributed by atoms with Gasteiger partial charge in [-0.05, 0) is 24.9 Å². The van der Waals surface area contributed by atoms with Gasteiger partial charge in [-0.15, -0.1) is 0 Å². The maximum Gasteiger partial charge on any atom is 0.249 e. The fourth-order valence-electron chi connectivity index (χ4n) is 2.00. The Bertz CT molecular complexity index is 506. The van der Waals surface area contributed by atoms with Gasteiger partial charge in [-0.3, -0.25) is 14.9 Å². The SMILES string of the molecule is CCC1C(=O)NC(=O)CN1c1nc(Cl)ncc1C. The fourth-order valence-corrected chi connectivity index (χ4v) is 2.13. The van der Waals surface area contributed by atoms with Crippen molar-refractivity contribution in [1.82, 2.24) is 15.3 Å². The molecule has 0 spiro atoms. The summed E-state index contributed by atoms with van der Waals surface area (Å²) in [5.74, 6) is -0.105. The van der Waals surface area contributed by atoms with Gasteiger partial charge >= 0.3 is 0 Å². The van der Waals surface area contributed by atoms with E-state index in [0.717, 1.165) is 5.56 Å². The first-order valence-corrected chi connectivity index (χ1v) is 6.00. The van der Waals surface area contributed by atoms with Gasteiger partial charge in [0.25, 0.3) is 0 Å². The van der Waals surface area contributed by atoms with Crippen LogP contribution in [0.15, 0.2) is 6.20 Å². The number of aromatic nitrogens is 2. The molecule has 0 bridgehead atoms. The second-order valence-electron chi connectivity index (χ2n) is 4.11. The minimum Gasteiger partial charge on any atom is -0.335 e. The maximum absolute atomic E-state index is 11.8. The van der Waals surface area contributed by atoms with Crippen molar-refractivity contribution in [3.05, 3.63) is 17.0 Å².